The number of imide groups is 4. The number of urea groups is 2. The Morgan fingerprint density at radius 3 is 0.852 bits per heavy atom. The molecule has 2 aliphatic rings. The summed E-state index contributed by atoms with van der Waals surface area (Å²) in [6, 6.07) is -1.46. The summed E-state index contributed by atoms with van der Waals surface area (Å²) < 4.78 is 0. The van der Waals surface area contributed by atoms with Gasteiger partial charge >= 0.3 is 12.1 Å². The summed E-state index contributed by atoms with van der Waals surface area (Å²) in [5, 5.41) is 8.37. The van der Waals surface area contributed by atoms with Crippen molar-refractivity contribution in [3.63, 3.8) is 0 Å². The van der Waals surface area contributed by atoms with Crippen molar-refractivity contribution in [2.75, 3.05) is 0 Å². The van der Waals surface area contributed by atoms with Crippen molar-refractivity contribution in [2.45, 2.75) is 53.4 Å². The van der Waals surface area contributed by atoms with Gasteiger partial charge in [-0.1, -0.05) is 27.7 Å². The SMILES string of the molecule is CCC1(CC)C(=O)NC(=O)NC1=O.CCC1(CC)C(=O)NC(=O)NC1=O.[Ca]. The second kappa shape index (κ2) is 10.1. The maximum atomic E-state index is 11.4. The summed E-state index contributed by atoms with van der Waals surface area (Å²) in [6.07, 6.45) is 1.59. The van der Waals surface area contributed by atoms with E-state index in [1.165, 1.54) is 0 Å². The zero-order valence-corrected chi connectivity index (χ0v) is 18.2. The summed E-state index contributed by atoms with van der Waals surface area (Å²) in [5.41, 5.74) is -2.12. The van der Waals surface area contributed by atoms with Crippen LogP contribution in [-0.2, 0) is 19.2 Å². The van der Waals surface area contributed by atoms with E-state index < -0.39 is 46.5 Å². The maximum Gasteiger partial charge on any atom is 0.328 e. The average molecular weight is 408 g/mol. The first-order valence-electron chi connectivity index (χ1n) is 8.47. The molecule has 2 saturated heterocycles. The van der Waals surface area contributed by atoms with Crippen molar-refractivity contribution in [1.82, 2.24) is 21.3 Å². The molecule has 0 bridgehead atoms. The molecule has 0 saturated carbocycles. The third-order valence-corrected chi connectivity index (χ3v) is 5.06. The minimum atomic E-state index is -1.06. The second-order valence-electron chi connectivity index (χ2n) is 6.05. The third-order valence-electron chi connectivity index (χ3n) is 5.06. The summed E-state index contributed by atoms with van der Waals surface area (Å²) >= 11 is 0. The fourth-order valence-corrected chi connectivity index (χ4v) is 2.94. The molecule has 0 atom stereocenters. The number of amides is 8. The number of carbonyl (C=O) groups is 6. The molecule has 27 heavy (non-hydrogen) atoms. The zero-order chi connectivity index (χ0) is 20.1. The van der Waals surface area contributed by atoms with Crippen LogP contribution in [0.3, 0.4) is 0 Å². The summed E-state index contributed by atoms with van der Waals surface area (Å²) in [5.74, 6) is -1.98. The van der Waals surface area contributed by atoms with Crippen molar-refractivity contribution in [2.24, 2.45) is 10.8 Å². The molecule has 2 heterocycles. The van der Waals surface area contributed by atoms with Crippen molar-refractivity contribution in [1.29, 1.82) is 0 Å². The van der Waals surface area contributed by atoms with Crippen LogP contribution in [0.2, 0.25) is 0 Å². The van der Waals surface area contributed by atoms with E-state index in [1.807, 2.05) is 0 Å². The molecule has 10 nitrogen and oxygen atoms in total. The molecular weight excluding hydrogens is 384 g/mol. The van der Waals surface area contributed by atoms with Crippen LogP contribution in [0, 0.1) is 10.8 Å². The molecule has 4 N–H and O–H groups in total. The number of barbiturate groups is 2. The first kappa shape index (κ1) is 25.5. The molecule has 0 aliphatic carbocycles. The normalized spacial score (nSPS) is 20.1. The Kier molecular flexibility index (Phi) is 9.57. The third kappa shape index (κ3) is 4.85. The molecule has 0 aromatic heterocycles. The van der Waals surface area contributed by atoms with Gasteiger partial charge in [-0.2, -0.15) is 0 Å². The Bertz CT molecular complexity index is 555. The topological polar surface area (TPSA) is 151 Å². The van der Waals surface area contributed by atoms with Crippen LogP contribution in [0.5, 0.6) is 0 Å². The van der Waals surface area contributed by atoms with Gasteiger partial charge in [0.1, 0.15) is 10.8 Å². The van der Waals surface area contributed by atoms with Gasteiger partial charge in [0, 0.05) is 37.7 Å². The monoisotopic (exact) mass is 408 g/mol. The molecule has 8 amide bonds. The first-order chi connectivity index (χ1) is 12.1. The van der Waals surface area contributed by atoms with Gasteiger partial charge in [0.15, 0.2) is 0 Å². The molecule has 0 aromatic carbocycles. The number of hydrogen-bond donors (Lipinski definition) is 4. The standard InChI is InChI=1S/2C8H12N2O3.Ca/c2*1-3-8(4-2)5(11)9-7(13)10-6(8)12;/h2*3-4H2,1-2H3,(H2,9,10,11,12,13);. The van der Waals surface area contributed by atoms with E-state index in [-0.39, 0.29) is 37.7 Å². The molecule has 2 rings (SSSR count). The smallest absolute Gasteiger partial charge is 0.277 e. The molecule has 2 radical (unpaired) electrons. The van der Waals surface area contributed by atoms with Gasteiger partial charge in [-0.15, -0.1) is 0 Å². The van der Waals surface area contributed by atoms with Crippen molar-refractivity contribution in [3.05, 3.63) is 0 Å². The minimum Gasteiger partial charge on any atom is -0.277 e. The van der Waals surface area contributed by atoms with E-state index in [0.29, 0.717) is 25.7 Å². The van der Waals surface area contributed by atoms with Crippen molar-refractivity contribution in [3.8, 4) is 0 Å². The van der Waals surface area contributed by atoms with Crippen LogP contribution in [0.25, 0.3) is 0 Å². The first-order valence-corrected chi connectivity index (χ1v) is 8.47. The zero-order valence-electron chi connectivity index (χ0n) is 16.0. The van der Waals surface area contributed by atoms with Crippen LogP contribution in [-0.4, -0.2) is 73.4 Å². The quantitative estimate of drug-likeness (QED) is 0.378. The van der Waals surface area contributed by atoms with Crippen LogP contribution >= 0.6 is 0 Å². The predicted octanol–water partition coefficient (Wildman–Crippen LogP) is -0.0632. The summed E-state index contributed by atoms with van der Waals surface area (Å²) in [4.78, 5) is 67.1. The minimum absolute atomic E-state index is 0. The summed E-state index contributed by atoms with van der Waals surface area (Å²) in [7, 11) is 0. The Labute approximate surface area is 186 Å². The number of hydrogen-bond acceptors (Lipinski definition) is 6. The van der Waals surface area contributed by atoms with Crippen LogP contribution in [0.15, 0.2) is 0 Å². The van der Waals surface area contributed by atoms with Gasteiger partial charge in [-0.05, 0) is 25.7 Å². The fraction of sp³-hybridized carbons (Fsp3) is 0.625. The Balaban J connectivity index is 0.000000483. The average Bonchev–Trinajstić information content (AvgIpc) is 2.56. The van der Waals surface area contributed by atoms with Gasteiger partial charge in [0.2, 0.25) is 23.6 Å². The van der Waals surface area contributed by atoms with E-state index in [4.69, 9.17) is 0 Å². The van der Waals surface area contributed by atoms with E-state index >= 15 is 0 Å². The molecule has 2 fully saturated rings. The van der Waals surface area contributed by atoms with E-state index in [9.17, 15) is 28.8 Å². The molecule has 0 spiro atoms. The number of carbonyl (C=O) groups excluding carboxylic acids is 6. The molecule has 0 aromatic rings. The second-order valence-corrected chi connectivity index (χ2v) is 6.05. The van der Waals surface area contributed by atoms with Gasteiger partial charge < -0.3 is 0 Å². The largest absolute Gasteiger partial charge is 0.328 e. The van der Waals surface area contributed by atoms with E-state index in [0.717, 1.165) is 0 Å². The number of nitrogens with one attached hydrogen (secondary N) is 4. The Morgan fingerprint density at radius 1 is 0.519 bits per heavy atom. The van der Waals surface area contributed by atoms with Gasteiger partial charge in [0.05, 0.1) is 0 Å². The molecule has 11 heteroatoms. The maximum absolute atomic E-state index is 11.4. The molecular formula is C16H24CaN4O6. The van der Waals surface area contributed by atoms with Crippen molar-refractivity contribution < 1.29 is 28.8 Å². The van der Waals surface area contributed by atoms with Gasteiger partial charge in [-0.25, -0.2) is 9.59 Å². The van der Waals surface area contributed by atoms with E-state index in [1.54, 1.807) is 27.7 Å². The van der Waals surface area contributed by atoms with Crippen molar-refractivity contribution >= 4 is 73.4 Å². The summed E-state index contributed by atoms with van der Waals surface area (Å²) in [6.45, 7) is 6.99. The van der Waals surface area contributed by atoms with Gasteiger partial charge in [-0.3, -0.25) is 40.4 Å². The molecule has 2 aliphatic heterocycles. The van der Waals surface area contributed by atoms with Crippen LogP contribution < -0.4 is 21.3 Å². The Hall–Kier alpha value is -1.52. The van der Waals surface area contributed by atoms with Gasteiger partial charge in [0.25, 0.3) is 0 Å². The number of rotatable bonds is 4. The van der Waals surface area contributed by atoms with Crippen LogP contribution in [0.1, 0.15) is 53.4 Å². The van der Waals surface area contributed by atoms with E-state index in [2.05, 4.69) is 21.3 Å². The molecule has 146 valence electrons. The predicted molar refractivity (Wildman–Crippen MR) is 95.1 cm³/mol. The molecule has 0 unspecified atom stereocenters. The fourth-order valence-electron chi connectivity index (χ4n) is 2.94. The van der Waals surface area contributed by atoms with Crippen LogP contribution in [0.4, 0.5) is 9.59 Å². The Morgan fingerprint density at radius 2 is 0.704 bits per heavy atom.